The average Bonchev–Trinajstić information content (AvgIpc) is 3.33. The third kappa shape index (κ3) is 4.10. The highest BCUT2D eigenvalue weighted by Gasteiger charge is 2.52. The molecule has 174 valence electrons. The minimum atomic E-state index is -2.61. The standard InChI is InChI=1S/C22H34F2N4O3/c23-22(24)10-16(11-22)25-19(29)28-6-1-2-18(28)15-3-7-26(8-4-15)17-12-21(13-17)5-9-27(14-21)20(30)31/h15-18H,1-14H2,(H,25,29)(H,30,31)/t17?,18-,21?/m0/s1. The van der Waals surface area contributed by atoms with Gasteiger partial charge in [0, 0.05) is 50.6 Å². The molecule has 0 radical (unpaired) electrons. The molecule has 3 amide bonds. The first kappa shape index (κ1) is 21.2. The number of nitrogens with zero attached hydrogens (tertiary/aromatic N) is 3. The summed E-state index contributed by atoms with van der Waals surface area (Å²) < 4.78 is 26.1. The van der Waals surface area contributed by atoms with Crippen LogP contribution in [-0.2, 0) is 0 Å². The summed E-state index contributed by atoms with van der Waals surface area (Å²) in [6.07, 6.45) is 6.08. The second kappa shape index (κ2) is 7.74. The van der Waals surface area contributed by atoms with Gasteiger partial charge in [-0.1, -0.05) is 0 Å². The Balaban J connectivity index is 1.08. The lowest BCUT2D eigenvalue weighted by Gasteiger charge is -2.52. The van der Waals surface area contributed by atoms with Gasteiger partial charge in [0.25, 0.3) is 5.92 Å². The number of carbonyl (C=O) groups excluding carboxylic acids is 1. The van der Waals surface area contributed by atoms with Crippen molar-refractivity contribution >= 4 is 12.1 Å². The first-order valence-electron chi connectivity index (χ1n) is 11.9. The number of nitrogens with one attached hydrogen (secondary N) is 1. The van der Waals surface area contributed by atoms with E-state index in [1.54, 1.807) is 4.90 Å². The molecule has 31 heavy (non-hydrogen) atoms. The summed E-state index contributed by atoms with van der Waals surface area (Å²) in [5.41, 5.74) is 0.207. The van der Waals surface area contributed by atoms with Gasteiger partial charge in [-0.05, 0) is 69.4 Å². The van der Waals surface area contributed by atoms with Crippen LogP contribution in [0.5, 0.6) is 0 Å². The highest BCUT2D eigenvalue weighted by atomic mass is 19.3. The first-order valence-corrected chi connectivity index (χ1v) is 11.9. The molecule has 1 spiro atoms. The van der Waals surface area contributed by atoms with E-state index in [2.05, 4.69) is 10.2 Å². The molecule has 0 aromatic heterocycles. The molecule has 5 rings (SSSR count). The predicted molar refractivity (Wildman–Crippen MR) is 110 cm³/mol. The van der Waals surface area contributed by atoms with Crippen LogP contribution in [0, 0.1) is 11.3 Å². The van der Waals surface area contributed by atoms with E-state index in [1.165, 1.54) is 0 Å². The molecule has 9 heteroatoms. The molecule has 3 aliphatic heterocycles. The second-order valence-corrected chi connectivity index (χ2v) is 10.7. The number of carboxylic acid groups (broad SMARTS) is 1. The maximum atomic E-state index is 13.1. The Bertz CT molecular complexity index is 714. The fraction of sp³-hybridized carbons (Fsp3) is 0.909. The molecule has 7 nitrogen and oxygen atoms in total. The molecule has 2 N–H and O–H groups in total. The highest BCUT2D eigenvalue weighted by molar-refractivity contribution is 5.75. The van der Waals surface area contributed by atoms with Crippen LogP contribution in [0.2, 0.25) is 0 Å². The minimum absolute atomic E-state index is 0.157. The van der Waals surface area contributed by atoms with E-state index in [1.807, 2.05) is 4.90 Å². The Kier molecular flexibility index (Phi) is 5.30. The van der Waals surface area contributed by atoms with Crippen LogP contribution < -0.4 is 5.32 Å². The number of hydrogen-bond donors (Lipinski definition) is 2. The molecule has 0 bridgehead atoms. The maximum Gasteiger partial charge on any atom is 0.407 e. The number of amides is 3. The molecular formula is C22H34F2N4O3. The molecule has 0 unspecified atom stereocenters. The van der Waals surface area contributed by atoms with Crippen molar-refractivity contribution in [3.63, 3.8) is 0 Å². The van der Waals surface area contributed by atoms with E-state index in [4.69, 9.17) is 0 Å². The summed E-state index contributed by atoms with van der Waals surface area (Å²) >= 11 is 0. The van der Waals surface area contributed by atoms with Gasteiger partial charge in [0.15, 0.2) is 0 Å². The van der Waals surface area contributed by atoms with Crippen LogP contribution in [0.1, 0.15) is 57.8 Å². The Morgan fingerprint density at radius 1 is 0.968 bits per heavy atom. The summed E-state index contributed by atoms with van der Waals surface area (Å²) in [5, 5.41) is 12.0. The molecular weight excluding hydrogens is 406 g/mol. The quantitative estimate of drug-likeness (QED) is 0.707. The number of piperidine rings is 1. The number of rotatable bonds is 3. The normalized spacial score (nSPS) is 31.6. The zero-order chi connectivity index (χ0) is 21.8. The molecule has 1 atom stereocenters. The monoisotopic (exact) mass is 440 g/mol. The predicted octanol–water partition coefficient (Wildman–Crippen LogP) is 3.20. The van der Waals surface area contributed by atoms with Gasteiger partial charge < -0.3 is 25.1 Å². The fourth-order valence-electron chi connectivity index (χ4n) is 6.85. The van der Waals surface area contributed by atoms with E-state index in [-0.39, 0.29) is 36.4 Å². The largest absolute Gasteiger partial charge is 0.465 e. The van der Waals surface area contributed by atoms with Gasteiger partial charge in [-0.25, -0.2) is 18.4 Å². The molecule has 0 aromatic rings. The van der Waals surface area contributed by atoms with Gasteiger partial charge in [-0.3, -0.25) is 0 Å². The summed E-state index contributed by atoms with van der Waals surface area (Å²) in [5.74, 6) is -2.13. The lowest BCUT2D eigenvalue weighted by Crippen LogP contribution is -2.57. The van der Waals surface area contributed by atoms with E-state index < -0.39 is 12.0 Å². The molecule has 3 saturated heterocycles. The van der Waals surface area contributed by atoms with E-state index >= 15 is 0 Å². The Morgan fingerprint density at radius 3 is 2.29 bits per heavy atom. The van der Waals surface area contributed by atoms with Crippen LogP contribution in [0.4, 0.5) is 18.4 Å². The SMILES string of the molecule is O=C(O)N1CCC2(CC(N3CCC([C@@H]4CCCN4C(=O)NC4CC(F)(F)C4)CC3)C2)C1. The van der Waals surface area contributed by atoms with Gasteiger partial charge >= 0.3 is 12.1 Å². The average molecular weight is 441 g/mol. The van der Waals surface area contributed by atoms with Crippen LogP contribution in [0.3, 0.4) is 0 Å². The van der Waals surface area contributed by atoms with E-state index in [9.17, 15) is 23.5 Å². The van der Waals surface area contributed by atoms with Crippen molar-refractivity contribution in [3.8, 4) is 0 Å². The second-order valence-electron chi connectivity index (χ2n) is 10.7. The minimum Gasteiger partial charge on any atom is -0.465 e. The van der Waals surface area contributed by atoms with E-state index in [0.29, 0.717) is 25.0 Å². The summed E-state index contributed by atoms with van der Waals surface area (Å²) in [4.78, 5) is 29.9. The van der Waals surface area contributed by atoms with Crippen molar-refractivity contribution in [2.75, 3.05) is 32.7 Å². The van der Waals surface area contributed by atoms with Gasteiger partial charge in [-0.2, -0.15) is 0 Å². The number of urea groups is 1. The zero-order valence-electron chi connectivity index (χ0n) is 18.1. The Hall–Kier alpha value is -1.64. The van der Waals surface area contributed by atoms with E-state index in [0.717, 1.165) is 64.6 Å². The summed E-state index contributed by atoms with van der Waals surface area (Å²) in [7, 11) is 0. The number of alkyl halides is 2. The van der Waals surface area contributed by atoms with Gasteiger partial charge in [0.2, 0.25) is 0 Å². The molecule has 5 fully saturated rings. The van der Waals surface area contributed by atoms with Crippen molar-refractivity contribution in [1.82, 2.24) is 20.0 Å². The number of halogens is 2. The van der Waals surface area contributed by atoms with Gasteiger partial charge in [0.05, 0.1) is 0 Å². The third-order valence-electron chi connectivity index (χ3n) is 8.66. The molecule has 2 aliphatic carbocycles. The van der Waals surface area contributed by atoms with Crippen LogP contribution in [0.15, 0.2) is 0 Å². The Labute approximate surface area is 182 Å². The first-order chi connectivity index (χ1) is 14.7. The van der Waals surface area contributed by atoms with Crippen LogP contribution in [0.25, 0.3) is 0 Å². The molecule has 3 heterocycles. The number of hydrogen-bond acceptors (Lipinski definition) is 3. The van der Waals surface area contributed by atoms with Crippen molar-refractivity contribution in [1.29, 1.82) is 0 Å². The highest BCUT2D eigenvalue weighted by Crippen LogP contribution is 2.50. The molecule has 2 saturated carbocycles. The zero-order valence-corrected chi connectivity index (χ0v) is 18.1. The summed E-state index contributed by atoms with van der Waals surface area (Å²) in [6.45, 7) is 4.16. The number of likely N-dealkylation sites (tertiary alicyclic amines) is 3. The van der Waals surface area contributed by atoms with Crippen molar-refractivity contribution in [2.45, 2.75) is 81.8 Å². The van der Waals surface area contributed by atoms with Crippen molar-refractivity contribution < 1.29 is 23.5 Å². The van der Waals surface area contributed by atoms with Gasteiger partial charge in [0.1, 0.15) is 0 Å². The summed E-state index contributed by atoms with van der Waals surface area (Å²) in [6, 6.07) is 0.257. The fourth-order valence-corrected chi connectivity index (χ4v) is 6.85. The lowest BCUT2D eigenvalue weighted by atomic mass is 9.64. The van der Waals surface area contributed by atoms with Crippen LogP contribution in [-0.4, -0.2) is 88.7 Å². The van der Waals surface area contributed by atoms with Crippen LogP contribution >= 0.6 is 0 Å². The Morgan fingerprint density at radius 2 is 1.68 bits per heavy atom. The van der Waals surface area contributed by atoms with Crippen molar-refractivity contribution in [3.05, 3.63) is 0 Å². The lowest BCUT2D eigenvalue weighted by molar-refractivity contribution is -0.0904. The number of carbonyl (C=O) groups is 2. The third-order valence-corrected chi connectivity index (χ3v) is 8.66. The topological polar surface area (TPSA) is 76.1 Å². The molecule has 5 aliphatic rings. The maximum absolute atomic E-state index is 13.1. The van der Waals surface area contributed by atoms with Crippen molar-refractivity contribution in [2.24, 2.45) is 11.3 Å². The molecule has 0 aromatic carbocycles. The van der Waals surface area contributed by atoms with Gasteiger partial charge in [-0.15, -0.1) is 0 Å². The smallest absolute Gasteiger partial charge is 0.407 e.